The summed E-state index contributed by atoms with van der Waals surface area (Å²) in [4.78, 5) is 31.4. The van der Waals surface area contributed by atoms with Gasteiger partial charge in [0.25, 0.3) is 0 Å². The summed E-state index contributed by atoms with van der Waals surface area (Å²) in [5.41, 5.74) is 3.07. The van der Waals surface area contributed by atoms with Crippen LogP contribution >= 0.6 is 11.3 Å². The fraction of sp³-hybridized carbons (Fsp3) is 0.222. The van der Waals surface area contributed by atoms with Gasteiger partial charge in [-0.25, -0.2) is 14.8 Å². The molecule has 0 saturated carbocycles. The van der Waals surface area contributed by atoms with Crippen LogP contribution in [0.5, 0.6) is 0 Å². The number of carbonyl (C=O) groups is 2. The lowest BCUT2D eigenvalue weighted by Crippen LogP contribution is -2.32. The van der Waals surface area contributed by atoms with Crippen molar-refractivity contribution in [3.8, 4) is 11.1 Å². The highest BCUT2D eigenvalue weighted by molar-refractivity contribution is 7.17. The van der Waals surface area contributed by atoms with E-state index in [4.69, 9.17) is 5.11 Å². The number of aryl methyl sites for hydroxylation is 1. The number of hydrogen-bond acceptors (Lipinski definition) is 6. The Morgan fingerprint density at radius 2 is 1.92 bits per heavy atom. The maximum absolute atomic E-state index is 11.4. The van der Waals surface area contributed by atoms with Gasteiger partial charge >= 0.3 is 11.9 Å². The highest BCUT2D eigenvalue weighted by Crippen LogP contribution is 2.36. The number of benzene rings is 1. The summed E-state index contributed by atoms with van der Waals surface area (Å²) in [5.74, 6) is -2.13. The summed E-state index contributed by atoms with van der Waals surface area (Å²) < 4.78 is 0. The lowest BCUT2D eigenvalue weighted by molar-refractivity contribution is -0.144. The second-order valence-corrected chi connectivity index (χ2v) is 6.59. The van der Waals surface area contributed by atoms with Crippen molar-refractivity contribution < 1.29 is 19.8 Å². The van der Waals surface area contributed by atoms with Gasteiger partial charge in [-0.15, -0.1) is 11.3 Å². The molecule has 8 heteroatoms. The third kappa shape index (κ3) is 3.65. The second kappa shape index (κ2) is 7.49. The largest absolute Gasteiger partial charge is 0.481 e. The summed E-state index contributed by atoms with van der Waals surface area (Å²) in [7, 11) is 0. The van der Waals surface area contributed by atoms with Crippen molar-refractivity contribution in [2.24, 2.45) is 0 Å². The number of thiophene rings is 1. The normalized spacial score (nSPS) is 12.0. The van der Waals surface area contributed by atoms with Gasteiger partial charge in [0.1, 0.15) is 23.0 Å². The molecule has 3 aromatic rings. The standard InChI is InChI=1S/C18H17N3O4S/c1-2-10-3-5-11(6-4-10)12-8-26-17-15(12)16(19-9-20-17)21-13(18(24)25)7-14(22)23/h3-6,8-9,13H,2,7H2,1H3,(H,22,23)(H,24,25)(H,19,20,21). The molecular weight excluding hydrogens is 354 g/mol. The first-order valence-electron chi connectivity index (χ1n) is 8.02. The van der Waals surface area contributed by atoms with Gasteiger partial charge in [0.15, 0.2) is 0 Å². The lowest BCUT2D eigenvalue weighted by Gasteiger charge is -2.14. The van der Waals surface area contributed by atoms with E-state index in [0.717, 1.165) is 17.5 Å². The van der Waals surface area contributed by atoms with Crippen LogP contribution in [0.2, 0.25) is 0 Å². The number of nitrogens with one attached hydrogen (secondary N) is 1. The molecule has 0 spiro atoms. The van der Waals surface area contributed by atoms with E-state index in [2.05, 4.69) is 22.2 Å². The summed E-state index contributed by atoms with van der Waals surface area (Å²) >= 11 is 1.43. The van der Waals surface area contributed by atoms with Crippen LogP contribution in [-0.2, 0) is 16.0 Å². The van der Waals surface area contributed by atoms with Gasteiger partial charge in [-0.2, -0.15) is 0 Å². The maximum Gasteiger partial charge on any atom is 0.326 e. The van der Waals surface area contributed by atoms with Gasteiger partial charge in [-0.3, -0.25) is 4.79 Å². The number of nitrogens with zero attached hydrogens (tertiary/aromatic N) is 2. The molecule has 3 rings (SSSR count). The van der Waals surface area contributed by atoms with E-state index in [9.17, 15) is 14.7 Å². The van der Waals surface area contributed by atoms with Gasteiger partial charge in [0, 0.05) is 10.9 Å². The zero-order valence-corrected chi connectivity index (χ0v) is 14.8. The minimum absolute atomic E-state index is 0.319. The number of carboxylic acid groups (broad SMARTS) is 2. The minimum Gasteiger partial charge on any atom is -0.481 e. The first kappa shape index (κ1) is 17.8. The third-order valence-corrected chi connectivity index (χ3v) is 4.92. The highest BCUT2D eigenvalue weighted by atomic mass is 32.1. The average Bonchev–Trinajstić information content (AvgIpc) is 3.06. The predicted octanol–water partition coefficient (Wildman–Crippen LogP) is 3.26. The van der Waals surface area contributed by atoms with Crippen molar-refractivity contribution in [2.75, 3.05) is 5.32 Å². The zero-order chi connectivity index (χ0) is 18.7. The molecule has 2 heterocycles. The summed E-state index contributed by atoms with van der Waals surface area (Å²) in [6.07, 6.45) is 1.73. The van der Waals surface area contributed by atoms with Crippen LogP contribution < -0.4 is 5.32 Å². The quantitative estimate of drug-likeness (QED) is 0.584. The topological polar surface area (TPSA) is 112 Å². The highest BCUT2D eigenvalue weighted by Gasteiger charge is 2.23. The molecule has 0 aliphatic heterocycles. The molecule has 0 amide bonds. The fourth-order valence-electron chi connectivity index (χ4n) is 2.66. The van der Waals surface area contributed by atoms with Crippen molar-refractivity contribution in [1.82, 2.24) is 9.97 Å². The number of aromatic nitrogens is 2. The fourth-order valence-corrected chi connectivity index (χ4v) is 3.57. The Morgan fingerprint density at radius 3 is 2.54 bits per heavy atom. The first-order valence-corrected chi connectivity index (χ1v) is 8.90. The SMILES string of the molecule is CCc1ccc(-c2csc3ncnc(NC(CC(=O)O)C(=O)O)c23)cc1. The number of anilines is 1. The molecule has 3 N–H and O–H groups in total. The van der Waals surface area contributed by atoms with Crippen LogP contribution in [-0.4, -0.2) is 38.2 Å². The Morgan fingerprint density at radius 1 is 1.19 bits per heavy atom. The molecule has 0 bridgehead atoms. The molecule has 1 atom stereocenters. The molecule has 0 aliphatic carbocycles. The summed E-state index contributed by atoms with van der Waals surface area (Å²) in [6, 6.07) is 6.81. The molecule has 1 unspecified atom stereocenters. The predicted molar refractivity (Wildman–Crippen MR) is 99.5 cm³/mol. The molecule has 1 aromatic carbocycles. The number of hydrogen-bond donors (Lipinski definition) is 3. The number of aliphatic carboxylic acids is 2. The van der Waals surface area contributed by atoms with E-state index >= 15 is 0 Å². The van der Waals surface area contributed by atoms with Crippen LogP contribution in [0.25, 0.3) is 21.3 Å². The molecule has 7 nitrogen and oxygen atoms in total. The molecule has 0 aliphatic rings. The molecule has 26 heavy (non-hydrogen) atoms. The average molecular weight is 371 g/mol. The Balaban J connectivity index is 2.04. The molecule has 0 saturated heterocycles. The Bertz CT molecular complexity index is 953. The van der Waals surface area contributed by atoms with E-state index in [-0.39, 0.29) is 0 Å². The molecule has 0 radical (unpaired) electrons. The van der Waals surface area contributed by atoms with E-state index in [1.807, 2.05) is 29.6 Å². The second-order valence-electron chi connectivity index (χ2n) is 5.74. The Kier molecular flexibility index (Phi) is 5.13. The van der Waals surface area contributed by atoms with Crippen LogP contribution in [0.3, 0.4) is 0 Å². The van der Waals surface area contributed by atoms with E-state index in [1.54, 1.807) is 0 Å². The number of carboxylic acids is 2. The first-order chi connectivity index (χ1) is 12.5. The van der Waals surface area contributed by atoms with Gasteiger partial charge in [-0.05, 0) is 17.5 Å². The summed E-state index contributed by atoms with van der Waals surface area (Å²) in [5, 5.41) is 23.6. The summed E-state index contributed by atoms with van der Waals surface area (Å²) in [6.45, 7) is 2.08. The molecule has 134 valence electrons. The van der Waals surface area contributed by atoms with Crippen molar-refractivity contribution in [3.05, 3.63) is 41.5 Å². The smallest absolute Gasteiger partial charge is 0.326 e. The van der Waals surface area contributed by atoms with Crippen LogP contribution in [0.4, 0.5) is 5.82 Å². The van der Waals surface area contributed by atoms with Gasteiger partial charge in [0.05, 0.1) is 11.8 Å². The van der Waals surface area contributed by atoms with Gasteiger partial charge < -0.3 is 15.5 Å². The lowest BCUT2D eigenvalue weighted by atomic mass is 10.0. The number of rotatable bonds is 7. The Hall–Kier alpha value is -3.00. The van der Waals surface area contributed by atoms with Gasteiger partial charge in [0.2, 0.25) is 0 Å². The van der Waals surface area contributed by atoms with Gasteiger partial charge in [-0.1, -0.05) is 31.2 Å². The minimum atomic E-state index is -1.28. The van der Waals surface area contributed by atoms with E-state index < -0.39 is 24.4 Å². The molecule has 2 aromatic heterocycles. The van der Waals surface area contributed by atoms with E-state index in [1.165, 1.54) is 23.2 Å². The van der Waals surface area contributed by atoms with Crippen LogP contribution in [0.1, 0.15) is 18.9 Å². The van der Waals surface area contributed by atoms with Crippen LogP contribution in [0.15, 0.2) is 36.0 Å². The molecular formula is C18H17N3O4S. The zero-order valence-electron chi connectivity index (χ0n) is 14.0. The van der Waals surface area contributed by atoms with E-state index in [0.29, 0.717) is 16.0 Å². The maximum atomic E-state index is 11.4. The van der Waals surface area contributed by atoms with Crippen molar-refractivity contribution >= 4 is 39.3 Å². The third-order valence-electron chi connectivity index (χ3n) is 4.03. The van der Waals surface area contributed by atoms with Crippen LogP contribution in [0, 0.1) is 0 Å². The van der Waals surface area contributed by atoms with Crippen molar-refractivity contribution in [1.29, 1.82) is 0 Å². The Labute approximate surface area is 153 Å². The van der Waals surface area contributed by atoms with Crippen molar-refractivity contribution in [2.45, 2.75) is 25.8 Å². The molecule has 0 fully saturated rings. The monoisotopic (exact) mass is 371 g/mol. The van der Waals surface area contributed by atoms with Crippen molar-refractivity contribution in [3.63, 3.8) is 0 Å². The number of fused-ring (bicyclic) bond motifs is 1.